The van der Waals surface area contributed by atoms with Crippen LogP contribution in [0.5, 0.6) is 5.75 Å². The Morgan fingerprint density at radius 1 is 1.19 bits per heavy atom. The van der Waals surface area contributed by atoms with Gasteiger partial charge in [-0.3, -0.25) is 9.35 Å². The van der Waals surface area contributed by atoms with Crippen molar-refractivity contribution in [3.8, 4) is 11.8 Å². The Bertz CT molecular complexity index is 976. The molecular formula is C17H15N3O5S. The van der Waals surface area contributed by atoms with Crippen molar-refractivity contribution in [1.82, 2.24) is 0 Å². The highest BCUT2D eigenvalue weighted by Crippen LogP contribution is 2.17. The van der Waals surface area contributed by atoms with Gasteiger partial charge in [0.15, 0.2) is 0 Å². The number of rotatable bonds is 6. The number of amides is 1. The first kappa shape index (κ1) is 19.0. The van der Waals surface area contributed by atoms with Crippen molar-refractivity contribution in [3.05, 3.63) is 60.3 Å². The van der Waals surface area contributed by atoms with Crippen LogP contribution in [0.25, 0.3) is 0 Å². The van der Waals surface area contributed by atoms with Crippen LogP contribution in [-0.2, 0) is 14.9 Å². The van der Waals surface area contributed by atoms with Crippen LogP contribution in [0.1, 0.15) is 0 Å². The second-order valence-electron chi connectivity index (χ2n) is 5.00. The van der Waals surface area contributed by atoms with Crippen LogP contribution in [0.4, 0.5) is 11.4 Å². The molecule has 3 N–H and O–H groups in total. The molecule has 134 valence electrons. The topological polar surface area (TPSA) is 129 Å². The molecule has 1 amide bonds. The predicted molar refractivity (Wildman–Crippen MR) is 95.2 cm³/mol. The van der Waals surface area contributed by atoms with Crippen molar-refractivity contribution in [3.63, 3.8) is 0 Å². The third kappa shape index (κ3) is 5.07. The quantitative estimate of drug-likeness (QED) is 0.403. The molecule has 0 fully saturated rings. The molecule has 8 nitrogen and oxygen atoms in total. The summed E-state index contributed by atoms with van der Waals surface area (Å²) in [5, 5.41) is 14.4. The lowest BCUT2D eigenvalue weighted by atomic mass is 10.2. The minimum absolute atomic E-state index is 0.121. The van der Waals surface area contributed by atoms with Gasteiger partial charge in [0.25, 0.3) is 16.0 Å². The largest absolute Gasteiger partial charge is 0.497 e. The minimum Gasteiger partial charge on any atom is -0.497 e. The van der Waals surface area contributed by atoms with E-state index in [-0.39, 0.29) is 16.2 Å². The lowest BCUT2D eigenvalue weighted by Gasteiger charge is -2.07. The fourth-order valence-corrected chi connectivity index (χ4v) is 2.45. The van der Waals surface area contributed by atoms with E-state index in [0.29, 0.717) is 11.4 Å². The fourth-order valence-electron chi connectivity index (χ4n) is 1.92. The molecule has 0 heterocycles. The third-order valence-electron chi connectivity index (χ3n) is 3.23. The Hall–Kier alpha value is -3.35. The molecule has 0 atom stereocenters. The number of carbonyl (C=O) groups excluding carboxylic acids is 1. The third-order valence-corrected chi connectivity index (χ3v) is 4.08. The molecule has 0 spiro atoms. The summed E-state index contributed by atoms with van der Waals surface area (Å²) in [4.78, 5) is 11.8. The van der Waals surface area contributed by atoms with Gasteiger partial charge in [0, 0.05) is 17.6 Å². The van der Waals surface area contributed by atoms with Gasteiger partial charge < -0.3 is 15.4 Å². The number of nitrogens with zero attached hydrogens (tertiary/aromatic N) is 1. The monoisotopic (exact) mass is 373 g/mol. The molecule has 2 aromatic rings. The van der Waals surface area contributed by atoms with Crippen LogP contribution >= 0.6 is 0 Å². The average molecular weight is 373 g/mol. The van der Waals surface area contributed by atoms with E-state index in [4.69, 9.17) is 14.6 Å². The molecule has 0 aliphatic rings. The zero-order valence-electron chi connectivity index (χ0n) is 13.6. The van der Waals surface area contributed by atoms with Crippen molar-refractivity contribution in [2.24, 2.45) is 0 Å². The Morgan fingerprint density at radius 2 is 1.88 bits per heavy atom. The van der Waals surface area contributed by atoms with Gasteiger partial charge in [0.2, 0.25) is 0 Å². The Labute approximate surface area is 150 Å². The fraction of sp³-hybridized carbons (Fsp3) is 0.0588. The number of benzene rings is 2. The highest BCUT2D eigenvalue weighted by atomic mass is 32.2. The zero-order valence-corrected chi connectivity index (χ0v) is 14.4. The number of hydrogen-bond acceptors (Lipinski definition) is 6. The first-order valence-electron chi connectivity index (χ1n) is 7.23. The molecule has 0 aliphatic heterocycles. The van der Waals surface area contributed by atoms with Crippen LogP contribution < -0.4 is 15.4 Å². The summed E-state index contributed by atoms with van der Waals surface area (Å²) < 4.78 is 36.3. The molecule has 0 aliphatic carbocycles. The van der Waals surface area contributed by atoms with Gasteiger partial charge in [-0.25, -0.2) is 0 Å². The standard InChI is InChI=1S/C17H15N3O5S/c1-25-15-7-5-13(6-8-15)19-11-12(10-18)17(21)20-14-3-2-4-16(9-14)26(22,23)24/h2-9,11,19H,1H3,(H,20,21)(H,22,23,24)/b12-11-. The number of nitriles is 1. The van der Waals surface area contributed by atoms with Crippen LogP contribution in [0.2, 0.25) is 0 Å². The van der Waals surface area contributed by atoms with Crippen molar-refractivity contribution >= 4 is 27.4 Å². The van der Waals surface area contributed by atoms with Gasteiger partial charge in [0.1, 0.15) is 17.4 Å². The van der Waals surface area contributed by atoms with Crippen LogP contribution in [-0.4, -0.2) is 26.0 Å². The van der Waals surface area contributed by atoms with E-state index in [1.54, 1.807) is 30.3 Å². The summed E-state index contributed by atoms with van der Waals surface area (Å²) in [6.45, 7) is 0. The van der Waals surface area contributed by atoms with E-state index < -0.39 is 16.0 Å². The first-order valence-corrected chi connectivity index (χ1v) is 8.67. The summed E-state index contributed by atoms with van der Waals surface area (Å²) >= 11 is 0. The van der Waals surface area contributed by atoms with Crippen LogP contribution in [0.3, 0.4) is 0 Å². The van der Waals surface area contributed by atoms with Gasteiger partial charge >= 0.3 is 0 Å². The van der Waals surface area contributed by atoms with Crippen LogP contribution in [0, 0.1) is 11.3 Å². The predicted octanol–water partition coefficient (Wildman–Crippen LogP) is 2.40. The molecule has 0 saturated heterocycles. The number of nitrogens with one attached hydrogen (secondary N) is 2. The summed E-state index contributed by atoms with van der Waals surface area (Å²) in [6, 6.07) is 13.6. The molecule has 0 radical (unpaired) electrons. The summed E-state index contributed by atoms with van der Waals surface area (Å²) in [7, 11) is -2.85. The number of carbonyl (C=O) groups is 1. The average Bonchev–Trinajstić information content (AvgIpc) is 2.62. The smallest absolute Gasteiger partial charge is 0.294 e. The second-order valence-corrected chi connectivity index (χ2v) is 6.42. The Morgan fingerprint density at radius 3 is 2.46 bits per heavy atom. The summed E-state index contributed by atoms with van der Waals surface area (Å²) in [6.07, 6.45) is 1.23. The lowest BCUT2D eigenvalue weighted by Crippen LogP contribution is -2.15. The maximum absolute atomic E-state index is 12.2. The van der Waals surface area contributed by atoms with E-state index in [2.05, 4.69) is 10.6 Å². The van der Waals surface area contributed by atoms with Gasteiger partial charge in [-0.05, 0) is 42.5 Å². The molecule has 0 unspecified atom stereocenters. The van der Waals surface area contributed by atoms with E-state index in [1.807, 2.05) is 0 Å². The summed E-state index contributed by atoms with van der Waals surface area (Å²) in [5.74, 6) is -0.0718. The maximum Gasteiger partial charge on any atom is 0.294 e. The molecule has 2 aromatic carbocycles. The molecule has 2 rings (SSSR count). The number of ether oxygens (including phenoxy) is 1. The molecule has 9 heteroatoms. The highest BCUT2D eigenvalue weighted by Gasteiger charge is 2.13. The van der Waals surface area contributed by atoms with Gasteiger partial charge in [-0.1, -0.05) is 6.07 Å². The SMILES string of the molecule is COc1ccc(N/C=C(/C#N)C(=O)Nc2cccc(S(=O)(=O)O)c2)cc1. The van der Waals surface area contributed by atoms with Crippen molar-refractivity contribution in [1.29, 1.82) is 5.26 Å². The van der Waals surface area contributed by atoms with E-state index in [0.717, 1.165) is 6.07 Å². The second kappa shape index (κ2) is 8.15. The number of hydrogen-bond donors (Lipinski definition) is 3. The van der Waals surface area contributed by atoms with Gasteiger partial charge in [0.05, 0.1) is 12.0 Å². The minimum atomic E-state index is -4.39. The molecule has 0 saturated carbocycles. The van der Waals surface area contributed by atoms with Crippen molar-refractivity contribution in [2.45, 2.75) is 4.90 Å². The Kier molecular flexibility index (Phi) is 5.95. The van der Waals surface area contributed by atoms with Crippen molar-refractivity contribution in [2.75, 3.05) is 17.7 Å². The normalized spacial score (nSPS) is 11.3. The van der Waals surface area contributed by atoms with Crippen LogP contribution in [0.15, 0.2) is 65.2 Å². The molecule has 0 bridgehead atoms. The maximum atomic E-state index is 12.2. The number of methoxy groups -OCH3 is 1. The lowest BCUT2D eigenvalue weighted by molar-refractivity contribution is -0.112. The Balaban J connectivity index is 2.12. The van der Waals surface area contributed by atoms with Gasteiger partial charge in [-0.2, -0.15) is 13.7 Å². The molecule has 26 heavy (non-hydrogen) atoms. The highest BCUT2D eigenvalue weighted by molar-refractivity contribution is 7.85. The first-order chi connectivity index (χ1) is 12.3. The van der Waals surface area contributed by atoms with E-state index >= 15 is 0 Å². The van der Waals surface area contributed by atoms with E-state index in [1.165, 1.54) is 31.5 Å². The summed E-state index contributed by atoms with van der Waals surface area (Å²) in [5.41, 5.74) is 0.536. The van der Waals surface area contributed by atoms with Gasteiger partial charge in [-0.15, -0.1) is 0 Å². The molecule has 0 aromatic heterocycles. The van der Waals surface area contributed by atoms with Crippen molar-refractivity contribution < 1.29 is 22.5 Å². The number of anilines is 2. The molecular weight excluding hydrogens is 358 g/mol. The zero-order chi connectivity index (χ0) is 19.2. The van der Waals surface area contributed by atoms with E-state index in [9.17, 15) is 13.2 Å².